The lowest BCUT2D eigenvalue weighted by Gasteiger charge is -2.09. The van der Waals surface area contributed by atoms with Crippen LogP contribution < -0.4 is 32.5 Å². The molecule has 21 nitrogen and oxygen atoms in total. The molecule has 328 valence electrons. The molecule has 4 aromatic heterocycles. The van der Waals surface area contributed by atoms with E-state index in [1.807, 2.05) is 14.1 Å². The van der Waals surface area contributed by atoms with Gasteiger partial charge in [0.15, 0.2) is 10.0 Å². The lowest BCUT2D eigenvalue weighted by atomic mass is 10.2. The van der Waals surface area contributed by atoms with Gasteiger partial charge in [0.1, 0.15) is 13.2 Å². The maximum absolute atomic E-state index is 12.5. The number of aromatic nitrogens is 6. The third-order valence-corrected chi connectivity index (χ3v) is 11.1. The fraction of sp³-hybridized carbons (Fsp3) is 0.333. The summed E-state index contributed by atoms with van der Waals surface area (Å²) in [6.07, 6.45) is 1.80. The first-order chi connectivity index (χ1) is 28.5. The summed E-state index contributed by atoms with van der Waals surface area (Å²) in [6, 6.07) is 12.9. The van der Waals surface area contributed by atoms with Crippen molar-refractivity contribution >= 4 is 75.1 Å². The lowest BCUT2D eigenvalue weighted by Crippen LogP contribution is -2.38. The van der Waals surface area contributed by atoms with Gasteiger partial charge in [-0.15, -0.1) is 4.36 Å². The van der Waals surface area contributed by atoms with Crippen LogP contribution in [0.3, 0.4) is 0 Å². The third-order valence-electron chi connectivity index (χ3n) is 8.20. The number of sulfonamides is 1. The Hall–Kier alpha value is -5.54. The molecule has 0 spiro atoms. The van der Waals surface area contributed by atoms with E-state index in [0.717, 1.165) is 31.0 Å². The Balaban J connectivity index is 0.000000252. The second-order valence-electron chi connectivity index (χ2n) is 13.3. The molecule has 4 heterocycles. The van der Waals surface area contributed by atoms with Gasteiger partial charge in [-0.2, -0.15) is 8.75 Å². The lowest BCUT2D eigenvalue weighted by molar-refractivity contribution is -0.124. The van der Waals surface area contributed by atoms with Gasteiger partial charge in [-0.3, -0.25) is 23.9 Å². The minimum absolute atomic E-state index is 0.0398. The van der Waals surface area contributed by atoms with Gasteiger partial charge in [0.25, 0.3) is 22.9 Å². The minimum atomic E-state index is -3.65. The third kappa shape index (κ3) is 12.7. The molecule has 0 aliphatic heterocycles. The number of hydrogen-bond acceptors (Lipinski definition) is 16. The Morgan fingerprint density at radius 2 is 1.15 bits per heavy atom. The Morgan fingerprint density at radius 3 is 1.54 bits per heavy atom. The van der Waals surface area contributed by atoms with E-state index < -0.39 is 67.6 Å². The smallest absolute Gasteiger partial charge is 0.335 e. The summed E-state index contributed by atoms with van der Waals surface area (Å²) in [6.45, 7) is 2.35. The molecule has 0 aliphatic rings. The summed E-state index contributed by atoms with van der Waals surface area (Å²) in [7, 11) is -0.259. The van der Waals surface area contributed by atoms with Gasteiger partial charge in [0, 0.05) is 54.6 Å². The van der Waals surface area contributed by atoms with Crippen LogP contribution in [0, 0.1) is 13.8 Å². The summed E-state index contributed by atoms with van der Waals surface area (Å²) in [5.74, 6) is -1.64. The zero-order valence-corrected chi connectivity index (χ0v) is 37.4. The van der Waals surface area contributed by atoms with E-state index >= 15 is 0 Å². The van der Waals surface area contributed by atoms with Crippen LogP contribution in [0.5, 0.6) is 0 Å². The summed E-state index contributed by atoms with van der Waals surface area (Å²) in [4.78, 5) is 72.8. The maximum Gasteiger partial charge on any atom is 0.335 e. The molecular weight excluding hydrogens is 879 g/mol. The van der Waals surface area contributed by atoms with Gasteiger partial charge in [0.05, 0.1) is 51.6 Å². The molecule has 0 saturated heterocycles. The average Bonchev–Trinajstić information content (AvgIpc) is 3.75. The minimum Gasteiger partial charge on any atom is -0.365 e. The number of ether oxygens (including phenoxy) is 2. The van der Waals surface area contributed by atoms with Crippen molar-refractivity contribution in [2.45, 2.75) is 27.1 Å². The molecule has 6 aromatic rings. The molecule has 1 unspecified atom stereocenters. The largest absolute Gasteiger partial charge is 0.365 e. The van der Waals surface area contributed by atoms with Gasteiger partial charge in [-0.05, 0) is 87.4 Å². The van der Waals surface area contributed by atoms with E-state index in [1.165, 1.54) is 44.3 Å². The van der Waals surface area contributed by atoms with Gasteiger partial charge in [0.2, 0.25) is 10.0 Å². The Bertz CT molecular complexity index is 3090. The second-order valence-corrected chi connectivity index (χ2v) is 18.3. The Morgan fingerprint density at radius 1 is 0.738 bits per heavy atom. The summed E-state index contributed by atoms with van der Waals surface area (Å²) in [5, 5.41) is 4.10. The highest BCUT2D eigenvalue weighted by atomic mass is 32.2. The molecule has 25 heteroatoms. The zero-order chi connectivity index (χ0) is 45.4. The molecule has 0 aliphatic carbocycles. The van der Waals surface area contributed by atoms with Gasteiger partial charge < -0.3 is 28.5 Å². The second kappa shape index (κ2) is 20.3. The molecule has 0 fully saturated rings. The Kier molecular flexibility index (Phi) is 16.1. The quantitative estimate of drug-likeness (QED) is 0.163. The van der Waals surface area contributed by atoms with Crippen molar-refractivity contribution in [1.29, 1.82) is 0 Å². The van der Waals surface area contributed by atoms with Gasteiger partial charge >= 0.3 is 11.4 Å². The van der Waals surface area contributed by atoms with Crippen LogP contribution >= 0.6 is 23.1 Å². The van der Waals surface area contributed by atoms with Crippen molar-refractivity contribution in [2.75, 3.05) is 39.8 Å². The maximum atomic E-state index is 12.5. The predicted molar refractivity (Wildman–Crippen MR) is 232 cm³/mol. The number of fused-ring (bicyclic) bond motifs is 2. The van der Waals surface area contributed by atoms with Crippen molar-refractivity contribution in [2.24, 2.45) is 18.5 Å². The van der Waals surface area contributed by atoms with E-state index in [-0.39, 0.29) is 13.2 Å². The summed E-state index contributed by atoms with van der Waals surface area (Å²) >= 11 is 2.41. The number of amides is 2. The highest BCUT2D eigenvalue weighted by Gasteiger charge is 2.16. The number of nitrogens with zero attached hydrogens (tertiary/aromatic N) is 7. The molecular formula is C36H43N9O12S4. The molecule has 2 aromatic carbocycles. The van der Waals surface area contributed by atoms with Crippen LogP contribution in [0.2, 0.25) is 0 Å². The molecule has 0 radical (unpaired) electrons. The molecule has 1 atom stereocenters. The molecule has 61 heavy (non-hydrogen) atoms. The SMILES string of the molecule is CNC.Cc1cc(=O)n(-c2ccc3snc(COCC(=O)N=S(C)(=O)O)c3c2)c(=O)n1C.Cc1cc(=O)n(-c2ccc3snc(COCC(=O)NS(C)(=O)=O)c3c2)c(=O)n1C. The number of benzene rings is 2. The first-order valence-electron chi connectivity index (χ1n) is 17.6. The number of carbonyl (C=O) groups is 2. The van der Waals surface area contributed by atoms with Crippen LogP contribution in [0.4, 0.5) is 0 Å². The first kappa shape index (κ1) is 48.1. The fourth-order valence-electron chi connectivity index (χ4n) is 5.31. The van der Waals surface area contributed by atoms with Crippen molar-refractivity contribution in [1.82, 2.24) is 37.1 Å². The monoisotopic (exact) mass is 921 g/mol. The molecule has 0 bridgehead atoms. The predicted octanol–water partition coefficient (Wildman–Crippen LogP) is 0.951. The van der Waals surface area contributed by atoms with E-state index in [9.17, 15) is 41.4 Å². The van der Waals surface area contributed by atoms with Crippen LogP contribution in [-0.2, 0) is 66.4 Å². The molecule has 2 amide bonds. The van der Waals surface area contributed by atoms with E-state index in [4.69, 9.17) is 14.0 Å². The summed E-state index contributed by atoms with van der Waals surface area (Å²) in [5.41, 5.74) is 1.10. The first-order valence-corrected chi connectivity index (χ1v) is 23.0. The topological polar surface area (TPSA) is 274 Å². The molecule has 0 saturated carbocycles. The highest BCUT2D eigenvalue weighted by molar-refractivity contribution is 7.89. The zero-order valence-electron chi connectivity index (χ0n) is 34.1. The van der Waals surface area contributed by atoms with Crippen LogP contribution in [-0.4, -0.2) is 95.8 Å². The standard InChI is InChI=1S/2C17H18N4O6S2.C2H7N/c2*1-10-6-16(23)21(17(24)20(10)2)11-4-5-14-12(7-11)13(18-28-14)8-27-9-15(22)19-29(3,25)26;1-3-2/h4-7H,8-9H2,1-3H3,(H,19,22,25,26);4-7H,8-9H2,1-3H3,(H,19,22);3H,1-2H3. The molecule has 3 N–H and O–H groups in total. The fourth-order valence-corrected chi connectivity index (χ4v) is 7.74. The average molecular weight is 922 g/mol. The van der Waals surface area contributed by atoms with Crippen LogP contribution in [0.1, 0.15) is 22.8 Å². The number of hydrogen-bond donors (Lipinski definition) is 3. The van der Waals surface area contributed by atoms with Crippen molar-refractivity contribution < 1.29 is 36.2 Å². The molecule has 6 rings (SSSR count). The van der Waals surface area contributed by atoms with Crippen molar-refractivity contribution in [3.8, 4) is 11.4 Å². The number of rotatable bonds is 11. The normalized spacial score (nSPS) is 12.2. The van der Waals surface area contributed by atoms with Crippen LogP contribution in [0.15, 0.2) is 72.1 Å². The van der Waals surface area contributed by atoms with Gasteiger partial charge in [-0.1, -0.05) is 0 Å². The summed E-state index contributed by atoms with van der Waals surface area (Å²) < 4.78 is 72.7. The van der Waals surface area contributed by atoms with Crippen molar-refractivity contribution in [3.63, 3.8) is 0 Å². The highest BCUT2D eigenvalue weighted by Crippen LogP contribution is 2.26. The Labute approximate surface area is 356 Å². The van der Waals surface area contributed by atoms with Crippen molar-refractivity contribution in [3.05, 3.63) is 113 Å². The van der Waals surface area contributed by atoms with Gasteiger partial charge in [-0.25, -0.2) is 31.3 Å². The number of carbonyl (C=O) groups excluding carboxylic acids is 2. The van der Waals surface area contributed by atoms with E-state index in [0.29, 0.717) is 44.9 Å². The van der Waals surface area contributed by atoms with E-state index in [2.05, 4.69) is 18.4 Å². The number of nitrogens with one attached hydrogen (secondary N) is 2. The van der Waals surface area contributed by atoms with E-state index in [1.54, 1.807) is 69.1 Å². The van der Waals surface area contributed by atoms with Crippen LogP contribution in [0.25, 0.3) is 31.5 Å². The number of aryl methyl sites for hydroxylation is 2.